The molecule has 0 aromatic heterocycles. The van der Waals surface area contributed by atoms with Crippen molar-refractivity contribution >= 4 is 39.3 Å². The third-order valence-corrected chi connectivity index (χ3v) is 8.80. The van der Waals surface area contributed by atoms with Crippen molar-refractivity contribution in [3.8, 4) is 0 Å². The van der Waals surface area contributed by atoms with E-state index in [0.29, 0.717) is 35.8 Å². The highest BCUT2D eigenvalue weighted by Gasteiger charge is 2.33. The van der Waals surface area contributed by atoms with Gasteiger partial charge in [0.2, 0.25) is 15.9 Å². The number of rotatable bonds is 4. The zero-order valence-corrected chi connectivity index (χ0v) is 18.3. The second kappa shape index (κ2) is 8.68. The molecule has 0 radical (unpaired) electrons. The normalized spacial score (nSPS) is 20.8. The van der Waals surface area contributed by atoms with Crippen molar-refractivity contribution < 1.29 is 13.2 Å². The van der Waals surface area contributed by atoms with Crippen molar-refractivity contribution in [1.29, 1.82) is 0 Å². The number of fused-ring (bicyclic) bond motifs is 1. The Morgan fingerprint density at radius 1 is 1.07 bits per heavy atom. The highest BCUT2D eigenvalue weighted by Crippen LogP contribution is 2.38. The fraction of sp³-hybridized carbons (Fsp3) is 0.381. The number of piperidine rings is 1. The highest BCUT2D eigenvalue weighted by molar-refractivity contribution is 7.99. The van der Waals surface area contributed by atoms with Crippen LogP contribution in [-0.2, 0) is 14.8 Å². The van der Waals surface area contributed by atoms with E-state index in [4.69, 9.17) is 11.6 Å². The van der Waals surface area contributed by atoms with Crippen molar-refractivity contribution in [2.45, 2.75) is 35.1 Å². The molecule has 0 spiro atoms. The van der Waals surface area contributed by atoms with Crippen LogP contribution in [0.25, 0.3) is 0 Å². The van der Waals surface area contributed by atoms with Gasteiger partial charge in [-0.15, -0.1) is 11.8 Å². The molecule has 2 aromatic rings. The van der Waals surface area contributed by atoms with Crippen LogP contribution < -0.4 is 5.32 Å². The first-order valence-electron chi connectivity index (χ1n) is 9.73. The molecule has 1 fully saturated rings. The van der Waals surface area contributed by atoms with Gasteiger partial charge in [0.15, 0.2) is 0 Å². The van der Waals surface area contributed by atoms with E-state index in [1.807, 2.05) is 18.2 Å². The number of hydrogen-bond donors (Lipinski definition) is 1. The van der Waals surface area contributed by atoms with Crippen molar-refractivity contribution in [2.24, 2.45) is 5.92 Å². The van der Waals surface area contributed by atoms with Crippen molar-refractivity contribution in [3.05, 3.63) is 59.1 Å². The molecule has 2 aliphatic heterocycles. The molecule has 4 rings (SSSR count). The minimum absolute atomic E-state index is 0.00424. The van der Waals surface area contributed by atoms with Crippen LogP contribution in [0.15, 0.2) is 58.3 Å². The summed E-state index contributed by atoms with van der Waals surface area (Å²) in [5.41, 5.74) is 1.08. The van der Waals surface area contributed by atoms with Gasteiger partial charge in [0.1, 0.15) is 0 Å². The summed E-state index contributed by atoms with van der Waals surface area (Å²) in [7, 11) is -3.50. The number of carbonyl (C=O) groups excluding carboxylic acids is 1. The molecule has 1 saturated heterocycles. The molecule has 0 aliphatic carbocycles. The molecular weight excluding hydrogens is 428 g/mol. The second-order valence-corrected chi connectivity index (χ2v) is 10.9. The molecule has 8 heteroatoms. The van der Waals surface area contributed by atoms with E-state index < -0.39 is 10.0 Å². The molecular formula is C21H23ClN2O3S2. The average molecular weight is 451 g/mol. The van der Waals surface area contributed by atoms with E-state index >= 15 is 0 Å². The molecule has 1 amide bonds. The van der Waals surface area contributed by atoms with Crippen LogP contribution in [0.4, 0.5) is 0 Å². The quantitative estimate of drug-likeness (QED) is 0.761. The van der Waals surface area contributed by atoms with Crippen molar-refractivity contribution in [1.82, 2.24) is 9.62 Å². The van der Waals surface area contributed by atoms with Crippen LogP contribution in [0.1, 0.15) is 30.9 Å². The second-order valence-electron chi connectivity index (χ2n) is 7.37. The van der Waals surface area contributed by atoms with Gasteiger partial charge in [-0.3, -0.25) is 4.79 Å². The standard InChI is InChI=1S/C21H23ClN2O3S2/c22-16-6-7-20-18(14-16)19(10-13-28-20)23-21(25)15-8-11-24(12-9-15)29(26,27)17-4-2-1-3-5-17/h1-7,14-15,19H,8-13H2,(H,23,25). The molecule has 0 saturated carbocycles. The predicted molar refractivity (Wildman–Crippen MR) is 116 cm³/mol. The molecule has 29 heavy (non-hydrogen) atoms. The van der Waals surface area contributed by atoms with Crippen LogP contribution in [-0.4, -0.2) is 37.5 Å². The largest absolute Gasteiger partial charge is 0.349 e. The van der Waals surface area contributed by atoms with Gasteiger partial charge in [-0.05, 0) is 55.2 Å². The number of halogens is 1. The van der Waals surface area contributed by atoms with E-state index in [9.17, 15) is 13.2 Å². The van der Waals surface area contributed by atoms with Gasteiger partial charge >= 0.3 is 0 Å². The molecule has 154 valence electrons. The Kier molecular flexibility index (Phi) is 6.20. The maximum Gasteiger partial charge on any atom is 0.243 e. The number of thioether (sulfide) groups is 1. The summed E-state index contributed by atoms with van der Waals surface area (Å²) in [6.45, 7) is 0.719. The van der Waals surface area contributed by atoms with Gasteiger partial charge < -0.3 is 5.32 Å². The zero-order chi connectivity index (χ0) is 20.4. The van der Waals surface area contributed by atoms with Gasteiger partial charge in [0.25, 0.3) is 0 Å². The van der Waals surface area contributed by atoms with E-state index in [1.54, 1.807) is 42.1 Å². The summed E-state index contributed by atoms with van der Waals surface area (Å²) in [5.74, 6) is 0.784. The van der Waals surface area contributed by atoms with Crippen LogP contribution >= 0.6 is 23.4 Å². The van der Waals surface area contributed by atoms with E-state index in [-0.39, 0.29) is 17.9 Å². The number of nitrogens with one attached hydrogen (secondary N) is 1. The molecule has 2 aliphatic rings. The first-order valence-corrected chi connectivity index (χ1v) is 12.5. The van der Waals surface area contributed by atoms with Crippen LogP contribution in [0.3, 0.4) is 0 Å². The van der Waals surface area contributed by atoms with E-state index in [1.165, 1.54) is 4.31 Å². The van der Waals surface area contributed by atoms with Crippen LogP contribution in [0.5, 0.6) is 0 Å². The molecule has 2 heterocycles. The Morgan fingerprint density at radius 3 is 2.52 bits per heavy atom. The lowest BCUT2D eigenvalue weighted by atomic mass is 9.95. The average Bonchev–Trinajstić information content (AvgIpc) is 2.75. The minimum Gasteiger partial charge on any atom is -0.349 e. The lowest BCUT2D eigenvalue weighted by Crippen LogP contribution is -2.44. The number of nitrogens with zero attached hydrogens (tertiary/aromatic N) is 1. The monoisotopic (exact) mass is 450 g/mol. The van der Waals surface area contributed by atoms with Gasteiger partial charge in [0, 0.05) is 34.7 Å². The summed E-state index contributed by atoms with van der Waals surface area (Å²) < 4.78 is 27.0. The fourth-order valence-electron chi connectivity index (χ4n) is 3.90. The van der Waals surface area contributed by atoms with Crippen molar-refractivity contribution in [2.75, 3.05) is 18.8 Å². The molecule has 5 nitrogen and oxygen atoms in total. The number of benzene rings is 2. The fourth-order valence-corrected chi connectivity index (χ4v) is 6.68. The number of carbonyl (C=O) groups is 1. The molecule has 2 aromatic carbocycles. The summed E-state index contributed by atoms with van der Waals surface area (Å²) >= 11 is 7.93. The zero-order valence-electron chi connectivity index (χ0n) is 15.9. The summed E-state index contributed by atoms with van der Waals surface area (Å²) in [4.78, 5) is 14.3. The molecule has 0 bridgehead atoms. The highest BCUT2D eigenvalue weighted by atomic mass is 35.5. The topological polar surface area (TPSA) is 66.5 Å². The van der Waals surface area contributed by atoms with Gasteiger partial charge in [-0.25, -0.2) is 8.42 Å². The van der Waals surface area contributed by atoms with Crippen LogP contribution in [0, 0.1) is 5.92 Å². The lowest BCUT2D eigenvalue weighted by molar-refractivity contribution is -0.126. The first-order chi connectivity index (χ1) is 13.9. The molecule has 1 unspecified atom stereocenters. The smallest absolute Gasteiger partial charge is 0.243 e. The molecule has 1 N–H and O–H groups in total. The summed E-state index contributed by atoms with van der Waals surface area (Å²) in [5, 5.41) is 3.85. The molecule has 1 atom stereocenters. The predicted octanol–water partition coefficient (Wildman–Crippen LogP) is 4.09. The van der Waals surface area contributed by atoms with Crippen molar-refractivity contribution in [3.63, 3.8) is 0 Å². The van der Waals surface area contributed by atoms with Gasteiger partial charge in [-0.1, -0.05) is 29.8 Å². The third-order valence-electron chi connectivity index (χ3n) is 5.53. The maximum absolute atomic E-state index is 12.9. The Bertz CT molecular complexity index is 990. The Morgan fingerprint density at radius 2 is 1.79 bits per heavy atom. The van der Waals surface area contributed by atoms with Gasteiger partial charge in [0.05, 0.1) is 10.9 Å². The Balaban J connectivity index is 1.39. The van der Waals surface area contributed by atoms with Gasteiger partial charge in [-0.2, -0.15) is 4.31 Å². The maximum atomic E-state index is 12.9. The third kappa shape index (κ3) is 4.48. The lowest BCUT2D eigenvalue weighted by Gasteiger charge is -2.32. The Hall–Kier alpha value is -1.54. The minimum atomic E-state index is -3.50. The van der Waals surface area contributed by atoms with Crippen LogP contribution in [0.2, 0.25) is 5.02 Å². The first kappa shape index (κ1) is 20.7. The number of sulfonamides is 1. The van der Waals surface area contributed by atoms with E-state index in [0.717, 1.165) is 22.6 Å². The van der Waals surface area contributed by atoms with E-state index in [2.05, 4.69) is 5.32 Å². The number of amides is 1. The number of hydrogen-bond acceptors (Lipinski definition) is 4. The Labute approximate surface area is 180 Å². The SMILES string of the molecule is O=C(NC1CCSc2ccc(Cl)cc21)C1CCN(S(=O)(=O)c2ccccc2)CC1. The summed E-state index contributed by atoms with van der Waals surface area (Å²) in [6.07, 6.45) is 1.93. The summed E-state index contributed by atoms with van der Waals surface area (Å²) in [6, 6.07) is 14.2.